The van der Waals surface area contributed by atoms with Gasteiger partial charge in [-0.2, -0.15) is 0 Å². The van der Waals surface area contributed by atoms with E-state index in [2.05, 4.69) is 41.5 Å². The first-order chi connectivity index (χ1) is 17.7. The number of benzene rings is 4. The van der Waals surface area contributed by atoms with Gasteiger partial charge in [0.1, 0.15) is 0 Å². The molecule has 0 heterocycles. The molecule has 0 aliphatic rings. The minimum atomic E-state index is -4.07. The normalized spacial score (nSPS) is 11.1. The van der Waals surface area contributed by atoms with Crippen molar-refractivity contribution in [3.8, 4) is 22.3 Å². The molecule has 0 unspecified atom stereocenters. The van der Waals surface area contributed by atoms with Gasteiger partial charge in [-0.1, -0.05) is 68.3 Å². The molecule has 4 nitrogen and oxygen atoms in total. The third-order valence-corrected chi connectivity index (χ3v) is 9.15. The first-order valence-corrected chi connectivity index (χ1v) is 14.4. The zero-order valence-electron chi connectivity index (χ0n) is 20.2. The summed E-state index contributed by atoms with van der Waals surface area (Å²) in [5, 5.41) is 0. The highest BCUT2D eigenvalue weighted by atomic mass is 79.9. The van der Waals surface area contributed by atoms with Crippen molar-refractivity contribution < 1.29 is 8.42 Å². The van der Waals surface area contributed by atoms with Crippen LogP contribution in [0.1, 0.15) is 22.3 Å². The van der Waals surface area contributed by atoms with E-state index < -0.39 is 9.84 Å². The van der Waals surface area contributed by atoms with Gasteiger partial charge in [0.25, 0.3) is 0 Å². The maximum Gasteiger partial charge on any atom is 0.241 e. The Labute approximate surface area is 234 Å². The Morgan fingerprint density at radius 2 is 1.08 bits per heavy atom. The molecule has 0 amide bonds. The predicted octanol–water partition coefficient (Wildman–Crippen LogP) is 8.83. The zero-order chi connectivity index (χ0) is 26.7. The van der Waals surface area contributed by atoms with E-state index >= 15 is 0 Å². The van der Waals surface area contributed by atoms with Crippen LogP contribution in [0.25, 0.3) is 31.9 Å². The second-order valence-electron chi connectivity index (χ2n) is 8.62. The van der Waals surface area contributed by atoms with Crippen LogP contribution in [0.5, 0.6) is 0 Å². The summed E-state index contributed by atoms with van der Waals surface area (Å²) >= 11 is 7.00. The van der Waals surface area contributed by atoms with Crippen LogP contribution in [0, 0.1) is 27.0 Å². The highest BCUT2D eigenvalue weighted by Crippen LogP contribution is 2.40. The van der Waals surface area contributed by atoms with Crippen LogP contribution in [0.2, 0.25) is 0 Å². The van der Waals surface area contributed by atoms with Gasteiger partial charge in [0, 0.05) is 8.95 Å². The Balaban J connectivity index is 2.04. The van der Waals surface area contributed by atoms with Gasteiger partial charge in [0.2, 0.25) is 22.9 Å². The zero-order valence-corrected chi connectivity index (χ0v) is 24.2. The third-order valence-electron chi connectivity index (χ3n) is 6.24. The van der Waals surface area contributed by atoms with Crippen LogP contribution in [0.4, 0.5) is 0 Å². The minimum Gasteiger partial charge on any atom is -0.312 e. The van der Waals surface area contributed by atoms with E-state index in [9.17, 15) is 8.42 Å². The molecular formula is C30H22Br2N2O2S. The summed E-state index contributed by atoms with van der Waals surface area (Å²) in [4.78, 5) is 7.38. The lowest BCUT2D eigenvalue weighted by Crippen LogP contribution is -2.11. The summed E-state index contributed by atoms with van der Waals surface area (Å²) in [5.74, 6) is 0. The Hall–Kier alpha value is -3.23. The summed E-state index contributed by atoms with van der Waals surface area (Å²) in [6.45, 7) is 18.9. The second kappa shape index (κ2) is 11.0. The molecule has 0 aliphatic carbocycles. The fourth-order valence-corrected chi connectivity index (χ4v) is 7.19. The minimum absolute atomic E-state index is 0.0827. The second-order valence-corrected chi connectivity index (χ2v) is 12.3. The van der Waals surface area contributed by atoms with E-state index in [0.717, 1.165) is 42.3 Å². The van der Waals surface area contributed by atoms with Crippen molar-refractivity contribution in [3.05, 3.63) is 127 Å². The van der Waals surface area contributed by atoms with E-state index in [1.54, 1.807) is 24.3 Å². The lowest BCUT2D eigenvalue weighted by atomic mass is 9.95. The molecular weight excluding hydrogens is 612 g/mol. The molecule has 0 spiro atoms. The van der Waals surface area contributed by atoms with Crippen molar-refractivity contribution in [3.63, 3.8) is 0 Å². The first kappa shape index (κ1) is 26.8. The van der Waals surface area contributed by atoms with E-state index in [0.29, 0.717) is 11.1 Å². The molecule has 0 bridgehead atoms. The molecule has 0 saturated heterocycles. The number of halogens is 2. The summed E-state index contributed by atoms with van der Waals surface area (Å²) in [6.07, 6.45) is 0. The molecule has 0 saturated carbocycles. The average Bonchev–Trinajstić information content (AvgIpc) is 2.84. The summed E-state index contributed by atoms with van der Waals surface area (Å²) in [5.41, 5.74) is 5.85. The van der Waals surface area contributed by atoms with Gasteiger partial charge in [-0.25, -0.2) is 21.6 Å². The highest BCUT2D eigenvalue weighted by Gasteiger charge is 2.30. The van der Waals surface area contributed by atoms with Crippen molar-refractivity contribution >= 4 is 41.7 Å². The maximum absolute atomic E-state index is 14.3. The van der Waals surface area contributed by atoms with Gasteiger partial charge in [-0.05, 0) is 83.6 Å². The number of hydrogen-bond acceptors (Lipinski definition) is 2. The van der Waals surface area contributed by atoms with Gasteiger partial charge in [-0.3, -0.25) is 0 Å². The average molecular weight is 634 g/mol. The topological polar surface area (TPSA) is 42.9 Å². The molecule has 0 N–H and O–H groups in total. The SMILES string of the molecule is [C-]#[N+]Cc1c(S(=O)(=O)c2ccc(C)c(-c3cccc(Br)c3)c2C[N+]#[C-])ccc(C)c1-c1cccc(Br)c1. The fourth-order valence-electron chi connectivity index (χ4n) is 4.68. The molecule has 184 valence electrons. The smallest absolute Gasteiger partial charge is 0.241 e. The van der Waals surface area contributed by atoms with E-state index in [1.165, 1.54) is 0 Å². The van der Waals surface area contributed by atoms with Crippen molar-refractivity contribution in [1.29, 1.82) is 0 Å². The molecule has 0 fully saturated rings. The van der Waals surface area contributed by atoms with Crippen molar-refractivity contribution in [2.75, 3.05) is 0 Å². The standard InChI is InChI=1S/C30H22Br2N2O2S/c1-19-11-13-27(25(17-33-3)29(19)21-7-5-9-23(31)15-21)37(35,36)28-14-12-20(2)30(26(28)18-34-4)22-8-6-10-24(32)16-22/h5-16H,17-18H2,1-2H3. The van der Waals surface area contributed by atoms with Crippen LogP contribution in [-0.2, 0) is 22.9 Å². The molecule has 7 heteroatoms. The number of hydrogen-bond donors (Lipinski definition) is 0. The fraction of sp³-hybridized carbons (Fsp3) is 0.133. The first-order valence-electron chi connectivity index (χ1n) is 11.4. The summed E-state index contributed by atoms with van der Waals surface area (Å²) in [7, 11) is -4.07. The van der Waals surface area contributed by atoms with E-state index in [-0.39, 0.29) is 22.9 Å². The molecule has 0 atom stereocenters. The largest absolute Gasteiger partial charge is 0.312 e. The van der Waals surface area contributed by atoms with Crippen LogP contribution in [0.15, 0.2) is 91.5 Å². The Morgan fingerprint density at radius 3 is 1.43 bits per heavy atom. The molecule has 4 aromatic carbocycles. The number of rotatable bonds is 6. The van der Waals surface area contributed by atoms with Crippen molar-refractivity contribution in [2.24, 2.45) is 0 Å². The number of sulfone groups is 1. The van der Waals surface area contributed by atoms with Crippen LogP contribution in [0.3, 0.4) is 0 Å². The molecule has 4 rings (SSSR count). The van der Waals surface area contributed by atoms with Crippen LogP contribution >= 0.6 is 31.9 Å². The van der Waals surface area contributed by atoms with Gasteiger partial charge in [-0.15, -0.1) is 0 Å². The number of aryl methyl sites for hydroxylation is 2. The van der Waals surface area contributed by atoms with Crippen LogP contribution in [-0.4, -0.2) is 8.42 Å². The molecule has 4 aromatic rings. The lowest BCUT2D eigenvalue weighted by molar-refractivity contribution is 0.594. The van der Waals surface area contributed by atoms with Gasteiger partial charge in [0.05, 0.1) is 20.9 Å². The van der Waals surface area contributed by atoms with E-state index in [4.69, 9.17) is 13.1 Å². The van der Waals surface area contributed by atoms with Gasteiger partial charge < -0.3 is 9.69 Å². The van der Waals surface area contributed by atoms with Gasteiger partial charge in [0.15, 0.2) is 0 Å². The molecule has 0 aliphatic heterocycles. The maximum atomic E-state index is 14.3. The number of nitrogens with zero attached hydrogens (tertiary/aromatic N) is 2. The molecule has 0 aromatic heterocycles. The van der Waals surface area contributed by atoms with Crippen molar-refractivity contribution in [2.45, 2.75) is 36.7 Å². The molecule has 37 heavy (non-hydrogen) atoms. The Morgan fingerprint density at radius 1 is 0.676 bits per heavy atom. The summed E-state index contributed by atoms with van der Waals surface area (Å²) in [6, 6.07) is 22.0. The summed E-state index contributed by atoms with van der Waals surface area (Å²) < 4.78 is 30.4. The Bertz CT molecular complexity index is 1590. The highest BCUT2D eigenvalue weighted by molar-refractivity contribution is 9.10. The predicted molar refractivity (Wildman–Crippen MR) is 155 cm³/mol. The monoisotopic (exact) mass is 632 g/mol. The third kappa shape index (κ3) is 5.26. The lowest BCUT2D eigenvalue weighted by Gasteiger charge is -2.18. The van der Waals surface area contributed by atoms with Crippen molar-refractivity contribution in [1.82, 2.24) is 0 Å². The Kier molecular flexibility index (Phi) is 7.99. The molecule has 0 radical (unpaired) electrons. The van der Waals surface area contributed by atoms with Crippen LogP contribution < -0.4 is 0 Å². The van der Waals surface area contributed by atoms with Gasteiger partial charge >= 0.3 is 0 Å². The van der Waals surface area contributed by atoms with E-state index in [1.807, 2.05) is 62.4 Å². The quantitative estimate of drug-likeness (QED) is 0.199.